The quantitative estimate of drug-likeness (QED) is 0.324. The standard InChI is InChI=1S/C29H33FN2O7/c1-15(26(36)23(35)14-33)22(34)13-32(4)28(38)17-7-5-16(6-8-17)20-12-24(39-29(20,2)3)25-19-10-9-18(30)11-21(19)31-27(25)37/h5-12,15,22-23,26,33-36H,13-14H2,1-4H3,(H,31,37)/b25-24+/t15-,22+,23-,26-/m1/s1. The number of allylic oxidation sites excluding steroid dienone is 1. The summed E-state index contributed by atoms with van der Waals surface area (Å²) < 4.78 is 19.8. The molecule has 4 rings (SSSR count). The van der Waals surface area contributed by atoms with E-state index in [1.807, 2.05) is 13.8 Å². The molecule has 0 bridgehead atoms. The minimum Gasteiger partial charge on any atom is -0.482 e. The van der Waals surface area contributed by atoms with E-state index in [0.717, 1.165) is 11.1 Å². The number of amides is 2. The Bertz CT molecular complexity index is 1340. The zero-order valence-corrected chi connectivity index (χ0v) is 22.2. The van der Waals surface area contributed by atoms with Gasteiger partial charge in [0.15, 0.2) is 0 Å². The second-order valence-electron chi connectivity index (χ2n) is 10.5. The third-order valence-corrected chi connectivity index (χ3v) is 7.24. The number of nitrogens with one attached hydrogen (secondary N) is 1. The minimum absolute atomic E-state index is 0.0899. The van der Waals surface area contributed by atoms with Crippen LogP contribution < -0.4 is 5.32 Å². The Labute approximate surface area is 225 Å². The Kier molecular flexibility index (Phi) is 7.94. The van der Waals surface area contributed by atoms with Crippen molar-refractivity contribution in [2.24, 2.45) is 5.92 Å². The summed E-state index contributed by atoms with van der Waals surface area (Å²) in [5, 5.41) is 41.8. The van der Waals surface area contributed by atoms with E-state index in [9.17, 15) is 29.3 Å². The molecule has 2 aromatic rings. The Morgan fingerprint density at radius 2 is 1.77 bits per heavy atom. The number of hydrogen-bond donors (Lipinski definition) is 5. The number of aliphatic hydroxyl groups excluding tert-OH is 4. The number of rotatable bonds is 8. The molecule has 0 aromatic heterocycles. The van der Waals surface area contributed by atoms with Gasteiger partial charge in [0, 0.05) is 36.2 Å². The van der Waals surface area contributed by atoms with Crippen molar-refractivity contribution in [1.82, 2.24) is 4.90 Å². The highest BCUT2D eigenvalue weighted by Gasteiger charge is 2.38. The summed E-state index contributed by atoms with van der Waals surface area (Å²) in [4.78, 5) is 27.0. The third kappa shape index (κ3) is 5.60. The van der Waals surface area contributed by atoms with E-state index >= 15 is 0 Å². The number of carbonyl (C=O) groups excluding carboxylic acids is 2. The largest absolute Gasteiger partial charge is 0.482 e. The summed E-state index contributed by atoms with van der Waals surface area (Å²) in [7, 11) is 1.52. The van der Waals surface area contributed by atoms with Gasteiger partial charge in [0.2, 0.25) is 0 Å². The first-order valence-electron chi connectivity index (χ1n) is 12.6. The molecule has 9 nitrogen and oxygen atoms in total. The molecular formula is C29H33FN2O7. The SMILES string of the molecule is C[C@@H]([C@@H](O)[C@H](O)CO)[C@@H](O)CN(C)C(=O)c1ccc(C2=C/C(=C3\C(=O)Nc4cc(F)ccc43)OC2(C)C)cc1. The molecule has 0 saturated heterocycles. The van der Waals surface area contributed by atoms with Gasteiger partial charge in [0.25, 0.3) is 11.8 Å². The summed E-state index contributed by atoms with van der Waals surface area (Å²) in [5.41, 5.74) is 2.43. The molecular weight excluding hydrogens is 507 g/mol. The number of carbonyl (C=O) groups is 2. The Hall–Kier alpha value is -3.57. The number of benzene rings is 2. The molecule has 0 radical (unpaired) electrons. The Morgan fingerprint density at radius 1 is 1.10 bits per heavy atom. The van der Waals surface area contributed by atoms with Crippen molar-refractivity contribution >= 4 is 28.6 Å². The van der Waals surface area contributed by atoms with Crippen molar-refractivity contribution in [3.63, 3.8) is 0 Å². The summed E-state index contributed by atoms with van der Waals surface area (Å²) in [6, 6.07) is 10.9. The van der Waals surface area contributed by atoms with E-state index in [2.05, 4.69) is 5.32 Å². The number of hydrogen-bond acceptors (Lipinski definition) is 7. The van der Waals surface area contributed by atoms with Crippen LogP contribution in [0.5, 0.6) is 0 Å². The topological polar surface area (TPSA) is 140 Å². The van der Waals surface area contributed by atoms with Crippen molar-refractivity contribution < 1.29 is 39.1 Å². The first kappa shape index (κ1) is 28.4. The molecule has 208 valence electrons. The van der Waals surface area contributed by atoms with Crippen molar-refractivity contribution in [3.8, 4) is 0 Å². The summed E-state index contributed by atoms with van der Waals surface area (Å²) >= 11 is 0. The molecule has 0 aliphatic carbocycles. The fraction of sp³-hybridized carbons (Fsp3) is 0.379. The molecule has 2 aromatic carbocycles. The lowest BCUT2D eigenvalue weighted by Crippen LogP contribution is -2.45. The number of aliphatic hydroxyl groups is 4. The van der Waals surface area contributed by atoms with E-state index in [4.69, 9.17) is 9.84 Å². The van der Waals surface area contributed by atoms with Crippen molar-refractivity contribution in [3.05, 3.63) is 76.8 Å². The maximum absolute atomic E-state index is 13.6. The molecule has 2 amide bonds. The van der Waals surface area contributed by atoms with E-state index in [1.54, 1.807) is 30.3 Å². The molecule has 2 aliphatic heterocycles. The van der Waals surface area contributed by atoms with Gasteiger partial charge in [-0.3, -0.25) is 9.59 Å². The van der Waals surface area contributed by atoms with Gasteiger partial charge in [0.1, 0.15) is 23.3 Å². The van der Waals surface area contributed by atoms with Crippen molar-refractivity contribution in [2.75, 3.05) is 25.5 Å². The zero-order chi connectivity index (χ0) is 28.6. The number of anilines is 1. The van der Waals surface area contributed by atoms with E-state index in [-0.39, 0.29) is 18.4 Å². The average Bonchev–Trinajstić information content (AvgIpc) is 3.40. The highest BCUT2D eigenvalue weighted by atomic mass is 19.1. The molecule has 2 aliphatic rings. The third-order valence-electron chi connectivity index (χ3n) is 7.24. The predicted octanol–water partition coefficient (Wildman–Crippen LogP) is 2.16. The van der Waals surface area contributed by atoms with Crippen LogP contribution in [0.3, 0.4) is 0 Å². The lowest BCUT2D eigenvalue weighted by Gasteiger charge is -2.29. The normalized spacial score (nSPS) is 20.8. The lowest BCUT2D eigenvalue weighted by atomic mass is 9.91. The minimum atomic E-state index is -1.39. The molecule has 0 unspecified atom stereocenters. The molecule has 4 atom stereocenters. The van der Waals surface area contributed by atoms with Gasteiger partial charge >= 0.3 is 0 Å². The van der Waals surface area contributed by atoms with Crippen LogP contribution in [-0.4, -0.2) is 81.3 Å². The Balaban J connectivity index is 1.53. The first-order chi connectivity index (χ1) is 18.3. The smallest absolute Gasteiger partial charge is 0.260 e. The number of fused-ring (bicyclic) bond motifs is 1. The van der Waals surface area contributed by atoms with Crippen molar-refractivity contribution in [2.45, 2.75) is 44.7 Å². The van der Waals surface area contributed by atoms with Gasteiger partial charge in [-0.15, -0.1) is 0 Å². The van der Waals surface area contributed by atoms with Gasteiger partial charge in [-0.1, -0.05) is 19.1 Å². The molecule has 0 fully saturated rings. The number of nitrogens with zero attached hydrogens (tertiary/aromatic N) is 1. The number of ether oxygens (including phenoxy) is 1. The fourth-order valence-corrected chi connectivity index (χ4v) is 4.84. The van der Waals surface area contributed by atoms with Crippen LogP contribution in [0, 0.1) is 11.7 Å². The highest BCUT2D eigenvalue weighted by Crippen LogP contribution is 2.44. The maximum atomic E-state index is 13.6. The second kappa shape index (κ2) is 10.9. The van der Waals surface area contributed by atoms with E-state index in [1.165, 1.54) is 37.1 Å². The molecule has 39 heavy (non-hydrogen) atoms. The molecule has 2 heterocycles. The van der Waals surface area contributed by atoms with Gasteiger partial charge < -0.3 is 35.4 Å². The monoisotopic (exact) mass is 540 g/mol. The zero-order valence-electron chi connectivity index (χ0n) is 22.2. The van der Waals surface area contributed by atoms with Crippen LogP contribution in [0.4, 0.5) is 10.1 Å². The Morgan fingerprint density at radius 3 is 2.41 bits per heavy atom. The molecule has 10 heteroatoms. The van der Waals surface area contributed by atoms with Crippen LogP contribution in [0.2, 0.25) is 0 Å². The van der Waals surface area contributed by atoms with Crippen LogP contribution in [0.15, 0.2) is 54.3 Å². The summed E-state index contributed by atoms with van der Waals surface area (Å²) in [5.74, 6) is -1.59. The predicted molar refractivity (Wildman–Crippen MR) is 143 cm³/mol. The van der Waals surface area contributed by atoms with Gasteiger partial charge in [-0.05, 0) is 55.8 Å². The van der Waals surface area contributed by atoms with Crippen LogP contribution in [0.1, 0.15) is 42.3 Å². The average molecular weight is 541 g/mol. The number of likely N-dealkylation sites (N-methyl/N-ethyl adjacent to an activating group) is 1. The fourth-order valence-electron chi connectivity index (χ4n) is 4.84. The number of halogens is 1. The van der Waals surface area contributed by atoms with Crippen LogP contribution >= 0.6 is 0 Å². The maximum Gasteiger partial charge on any atom is 0.260 e. The second-order valence-corrected chi connectivity index (χ2v) is 10.5. The van der Waals surface area contributed by atoms with E-state index < -0.39 is 42.3 Å². The van der Waals surface area contributed by atoms with Gasteiger partial charge in [-0.25, -0.2) is 4.39 Å². The van der Waals surface area contributed by atoms with Crippen LogP contribution in [-0.2, 0) is 9.53 Å². The summed E-state index contributed by atoms with van der Waals surface area (Å²) in [6.45, 7) is 4.52. The molecule has 5 N–H and O–H groups in total. The first-order valence-corrected chi connectivity index (χ1v) is 12.6. The van der Waals surface area contributed by atoms with Gasteiger partial charge in [-0.2, -0.15) is 0 Å². The highest BCUT2D eigenvalue weighted by molar-refractivity contribution is 6.32. The van der Waals surface area contributed by atoms with Crippen LogP contribution in [0.25, 0.3) is 11.1 Å². The lowest BCUT2D eigenvalue weighted by molar-refractivity contribution is -0.111. The molecule has 0 spiro atoms. The summed E-state index contributed by atoms with van der Waals surface area (Å²) in [6.07, 6.45) is -2.08. The molecule has 0 saturated carbocycles. The van der Waals surface area contributed by atoms with Gasteiger partial charge in [0.05, 0.1) is 30.1 Å². The van der Waals surface area contributed by atoms with Crippen molar-refractivity contribution in [1.29, 1.82) is 0 Å². The van der Waals surface area contributed by atoms with E-state index in [0.29, 0.717) is 28.1 Å².